The Morgan fingerprint density at radius 2 is 2.09 bits per heavy atom. The number of halogens is 1. The lowest BCUT2D eigenvalue weighted by molar-refractivity contribution is -0.144. The van der Waals surface area contributed by atoms with Gasteiger partial charge in [0.1, 0.15) is 10.7 Å². The molecule has 1 atom stereocenters. The smallest absolute Gasteiger partial charge is 0.308 e. The summed E-state index contributed by atoms with van der Waals surface area (Å²) in [6.45, 7) is 2.32. The van der Waals surface area contributed by atoms with Crippen LogP contribution in [0.1, 0.15) is 18.4 Å². The zero-order valence-electron chi connectivity index (χ0n) is 12.8. The van der Waals surface area contributed by atoms with E-state index in [-0.39, 0.29) is 12.5 Å². The van der Waals surface area contributed by atoms with E-state index >= 15 is 0 Å². The fraction of sp³-hybridized carbons (Fsp3) is 0.533. The van der Waals surface area contributed by atoms with Crippen LogP contribution in [0.15, 0.2) is 23.1 Å². The maximum absolute atomic E-state index is 13.8. The minimum atomic E-state index is -4.10. The van der Waals surface area contributed by atoms with Gasteiger partial charge in [0.15, 0.2) is 0 Å². The highest BCUT2D eigenvalue weighted by Gasteiger charge is 2.31. The van der Waals surface area contributed by atoms with Crippen molar-refractivity contribution in [2.45, 2.75) is 24.7 Å². The van der Waals surface area contributed by atoms with E-state index in [1.807, 2.05) is 0 Å². The third kappa shape index (κ3) is 4.49. The lowest BCUT2D eigenvalue weighted by Crippen LogP contribution is -2.39. The number of carboxylic acid groups (broad SMARTS) is 1. The molecule has 2 N–H and O–H groups in total. The van der Waals surface area contributed by atoms with Crippen LogP contribution in [0.3, 0.4) is 0 Å². The molecule has 0 aliphatic carbocycles. The van der Waals surface area contributed by atoms with Crippen molar-refractivity contribution in [1.29, 1.82) is 0 Å². The van der Waals surface area contributed by atoms with Crippen molar-refractivity contribution in [3.8, 4) is 0 Å². The monoisotopic (exact) mass is 345 g/mol. The average Bonchev–Trinajstić information content (AvgIpc) is 2.50. The largest absolute Gasteiger partial charge is 0.481 e. The molecular weight excluding hydrogens is 325 g/mol. The summed E-state index contributed by atoms with van der Waals surface area (Å²) in [4.78, 5) is 11.0. The number of hydrogen-bond acceptors (Lipinski definition) is 4. The molecule has 0 spiro atoms. The maximum Gasteiger partial charge on any atom is 0.308 e. The number of rotatable bonds is 6. The van der Waals surface area contributed by atoms with Crippen molar-refractivity contribution in [3.63, 3.8) is 0 Å². The number of aliphatic carboxylic acids is 1. The van der Waals surface area contributed by atoms with Crippen LogP contribution in [0, 0.1) is 24.6 Å². The topological polar surface area (TPSA) is 92.7 Å². The molecule has 0 saturated carbocycles. The Kier molecular flexibility index (Phi) is 5.72. The van der Waals surface area contributed by atoms with E-state index < -0.39 is 32.6 Å². The Labute approximate surface area is 134 Å². The SMILES string of the molecule is Cc1ccc(F)c(S(=O)(=O)NCC(C(=O)O)C2CCOCC2)c1. The summed E-state index contributed by atoms with van der Waals surface area (Å²) in [5.41, 5.74) is 0.603. The molecule has 0 bridgehead atoms. The minimum absolute atomic E-state index is 0.161. The van der Waals surface area contributed by atoms with Crippen LogP contribution in [0.2, 0.25) is 0 Å². The number of ether oxygens (including phenoxy) is 1. The molecule has 1 aromatic rings. The van der Waals surface area contributed by atoms with E-state index in [9.17, 15) is 22.7 Å². The van der Waals surface area contributed by atoms with Crippen molar-refractivity contribution in [1.82, 2.24) is 4.72 Å². The Bertz CT molecular complexity index is 670. The number of benzene rings is 1. The van der Waals surface area contributed by atoms with Gasteiger partial charge in [-0.1, -0.05) is 6.07 Å². The summed E-state index contributed by atoms with van der Waals surface area (Å²) in [5, 5.41) is 9.34. The fourth-order valence-electron chi connectivity index (χ4n) is 2.67. The van der Waals surface area contributed by atoms with E-state index in [2.05, 4.69) is 4.72 Å². The lowest BCUT2D eigenvalue weighted by atomic mass is 9.86. The van der Waals surface area contributed by atoms with Crippen molar-refractivity contribution in [2.24, 2.45) is 11.8 Å². The molecule has 2 rings (SSSR count). The second kappa shape index (κ2) is 7.37. The van der Waals surface area contributed by atoms with Gasteiger partial charge in [0.05, 0.1) is 5.92 Å². The normalized spacial score (nSPS) is 17.8. The molecular formula is C15H20FNO5S. The first-order chi connectivity index (χ1) is 10.8. The number of carbonyl (C=O) groups is 1. The first-order valence-corrected chi connectivity index (χ1v) is 8.86. The Hall–Kier alpha value is -1.51. The van der Waals surface area contributed by atoms with Crippen LogP contribution >= 0.6 is 0 Å². The Balaban J connectivity index is 2.12. The highest BCUT2D eigenvalue weighted by Crippen LogP contribution is 2.24. The number of carboxylic acids is 1. The highest BCUT2D eigenvalue weighted by molar-refractivity contribution is 7.89. The summed E-state index contributed by atoms with van der Waals surface area (Å²) in [7, 11) is -4.10. The third-order valence-electron chi connectivity index (χ3n) is 4.02. The van der Waals surface area contributed by atoms with Crippen molar-refractivity contribution in [2.75, 3.05) is 19.8 Å². The lowest BCUT2D eigenvalue weighted by Gasteiger charge is -2.27. The van der Waals surface area contributed by atoms with Gasteiger partial charge in [0, 0.05) is 19.8 Å². The van der Waals surface area contributed by atoms with Gasteiger partial charge in [-0.25, -0.2) is 17.5 Å². The van der Waals surface area contributed by atoms with Gasteiger partial charge in [0.25, 0.3) is 0 Å². The molecule has 1 aliphatic rings. The molecule has 1 aromatic carbocycles. The number of sulfonamides is 1. The molecule has 1 heterocycles. The summed E-state index contributed by atoms with van der Waals surface area (Å²) in [6, 6.07) is 3.77. The molecule has 23 heavy (non-hydrogen) atoms. The van der Waals surface area contributed by atoms with Crippen LogP contribution in [-0.4, -0.2) is 39.3 Å². The van der Waals surface area contributed by atoms with Gasteiger partial charge in [-0.05, 0) is 43.4 Å². The third-order valence-corrected chi connectivity index (χ3v) is 5.46. The van der Waals surface area contributed by atoms with Crippen LogP contribution in [0.4, 0.5) is 4.39 Å². The standard InChI is InChI=1S/C15H20FNO5S/c1-10-2-3-13(16)14(8-10)23(20,21)17-9-12(15(18)19)11-4-6-22-7-5-11/h2-3,8,11-12,17H,4-7,9H2,1H3,(H,18,19). The van der Waals surface area contributed by atoms with E-state index in [1.165, 1.54) is 12.1 Å². The van der Waals surface area contributed by atoms with E-state index in [0.29, 0.717) is 31.6 Å². The molecule has 6 nitrogen and oxygen atoms in total. The quantitative estimate of drug-likeness (QED) is 0.816. The zero-order valence-corrected chi connectivity index (χ0v) is 13.6. The van der Waals surface area contributed by atoms with Crippen LogP contribution < -0.4 is 4.72 Å². The van der Waals surface area contributed by atoms with Gasteiger partial charge in [-0.3, -0.25) is 4.79 Å². The van der Waals surface area contributed by atoms with E-state index in [1.54, 1.807) is 6.92 Å². The second-order valence-corrected chi connectivity index (χ2v) is 7.42. The molecule has 1 unspecified atom stereocenters. The first kappa shape index (κ1) is 17.8. The molecule has 0 radical (unpaired) electrons. The number of aryl methyl sites for hydroxylation is 1. The molecule has 128 valence electrons. The molecule has 0 aromatic heterocycles. The predicted molar refractivity (Wildman–Crippen MR) is 81.0 cm³/mol. The van der Waals surface area contributed by atoms with Crippen LogP contribution in [0.5, 0.6) is 0 Å². The van der Waals surface area contributed by atoms with Gasteiger partial charge < -0.3 is 9.84 Å². The number of nitrogens with one attached hydrogen (secondary N) is 1. The fourth-order valence-corrected chi connectivity index (χ4v) is 3.89. The summed E-state index contributed by atoms with van der Waals surface area (Å²) < 4.78 is 45.7. The van der Waals surface area contributed by atoms with Crippen LogP contribution in [-0.2, 0) is 19.6 Å². The van der Waals surface area contributed by atoms with Crippen molar-refractivity contribution in [3.05, 3.63) is 29.6 Å². The molecule has 8 heteroatoms. The Morgan fingerprint density at radius 1 is 1.43 bits per heavy atom. The van der Waals surface area contributed by atoms with Crippen LogP contribution in [0.25, 0.3) is 0 Å². The number of hydrogen-bond donors (Lipinski definition) is 2. The van der Waals surface area contributed by atoms with Gasteiger partial charge in [-0.15, -0.1) is 0 Å². The van der Waals surface area contributed by atoms with E-state index in [0.717, 1.165) is 6.07 Å². The maximum atomic E-state index is 13.8. The second-order valence-electron chi connectivity index (χ2n) is 5.68. The van der Waals surface area contributed by atoms with E-state index in [4.69, 9.17) is 4.74 Å². The van der Waals surface area contributed by atoms with Gasteiger partial charge in [-0.2, -0.15) is 0 Å². The predicted octanol–water partition coefficient (Wildman–Crippen LogP) is 1.54. The van der Waals surface area contributed by atoms with Gasteiger partial charge >= 0.3 is 5.97 Å². The van der Waals surface area contributed by atoms with Gasteiger partial charge in [0.2, 0.25) is 10.0 Å². The van der Waals surface area contributed by atoms with Crippen molar-refractivity contribution >= 4 is 16.0 Å². The molecule has 1 fully saturated rings. The molecule has 1 aliphatic heterocycles. The average molecular weight is 345 g/mol. The van der Waals surface area contributed by atoms with Crippen molar-refractivity contribution < 1.29 is 27.4 Å². The summed E-state index contributed by atoms with van der Waals surface area (Å²) in [5.74, 6) is -2.95. The molecule has 1 saturated heterocycles. The zero-order chi connectivity index (χ0) is 17.0. The highest BCUT2D eigenvalue weighted by atomic mass is 32.2. The summed E-state index contributed by atoms with van der Waals surface area (Å²) >= 11 is 0. The first-order valence-electron chi connectivity index (χ1n) is 7.37. The molecule has 0 amide bonds. The Morgan fingerprint density at radius 3 is 2.70 bits per heavy atom. The minimum Gasteiger partial charge on any atom is -0.481 e. The summed E-state index contributed by atoms with van der Waals surface area (Å²) in [6.07, 6.45) is 1.13.